The molecule has 0 aliphatic heterocycles. The molecule has 0 amide bonds. The van der Waals surface area contributed by atoms with Crippen LogP contribution in [-0.4, -0.2) is 0 Å². The minimum atomic E-state index is 0. The van der Waals surface area contributed by atoms with Crippen molar-refractivity contribution in [3.63, 3.8) is 0 Å². The van der Waals surface area contributed by atoms with Crippen molar-refractivity contribution >= 4 is 0 Å². The van der Waals surface area contributed by atoms with Crippen molar-refractivity contribution in [3.8, 4) is 0 Å². The van der Waals surface area contributed by atoms with E-state index < -0.39 is 0 Å². The predicted molar refractivity (Wildman–Crippen MR) is 66.4 cm³/mol. The van der Waals surface area contributed by atoms with Gasteiger partial charge >= 0.3 is 51.4 Å². The number of hydrogen-bond donors (Lipinski definition) is 0. The van der Waals surface area contributed by atoms with Gasteiger partial charge in [0, 0.05) is 0 Å². The summed E-state index contributed by atoms with van der Waals surface area (Å²) in [5.41, 5.74) is 3.37. The van der Waals surface area contributed by atoms with Crippen molar-refractivity contribution < 1.29 is 51.4 Å². The normalized spacial score (nSPS) is 33.6. The van der Waals surface area contributed by atoms with Crippen LogP contribution in [0.4, 0.5) is 0 Å². The Balaban J connectivity index is 0.00000128. The summed E-state index contributed by atoms with van der Waals surface area (Å²) in [6, 6.07) is 0. The Morgan fingerprint density at radius 1 is 1.25 bits per heavy atom. The van der Waals surface area contributed by atoms with Crippen molar-refractivity contribution in [3.05, 3.63) is 30.7 Å². The summed E-state index contributed by atoms with van der Waals surface area (Å²) in [4.78, 5) is 0. The smallest absolute Gasteiger partial charge is 0.0996 e. The molecule has 0 aromatic heterocycles. The topological polar surface area (TPSA) is 0 Å². The third kappa shape index (κ3) is 3.11. The molecule has 0 saturated heterocycles. The van der Waals surface area contributed by atoms with Gasteiger partial charge in [0.25, 0.3) is 0 Å². The minimum Gasteiger partial charge on any atom is -0.0996 e. The zero-order chi connectivity index (χ0) is 11.1. The van der Waals surface area contributed by atoms with E-state index in [0.717, 1.165) is 18.3 Å². The molecule has 2 unspecified atom stereocenters. The maximum atomic E-state index is 4.28. The molecule has 2 atom stereocenters. The Hall–Kier alpha value is 1.12. The number of rotatable bonds is 0. The van der Waals surface area contributed by atoms with Gasteiger partial charge in [0.15, 0.2) is 0 Å². The Bertz CT molecular complexity index is 288. The molecule has 0 N–H and O–H groups in total. The second kappa shape index (κ2) is 5.84. The van der Waals surface area contributed by atoms with Gasteiger partial charge in [-0.05, 0) is 55.8 Å². The summed E-state index contributed by atoms with van der Waals surface area (Å²) in [6.45, 7) is 13.2. The van der Waals surface area contributed by atoms with Gasteiger partial charge in [0.05, 0.1) is 0 Å². The molecule has 0 aromatic rings. The molecule has 1 heteroatoms. The summed E-state index contributed by atoms with van der Waals surface area (Å²) in [7, 11) is 0. The Morgan fingerprint density at radius 3 is 2.56 bits per heavy atom. The summed E-state index contributed by atoms with van der Waals surface area (Å²) in [5.74, 6) is 1.66. The molecule has 83 valence electrons. The van der Waals surface area contributed by atoms with Crippen LogP contribution in [-0.2, 0) is 0 Å². The van der Waals surface area contributed by atoms with Gasteiger partial charge in [-0.15, -0.1) is 0 Å². The summed E-state index contributed by atoms with van der Waals surface area (Å²) in [6.07, 6.45) is 8.49. The quantitative estimate of drug-likeness (QED) is 0.446. The van der Waals surface area contributed by atoms with Crippen LogP contribution in [0, 0.1) is 23.7 Å². The fourth-order valence-corrected chi connectivity index (χ4v) is 3.36. The maximum absolute atomic E-state index is 4.28. The van der Waals surface area contributed by atoms with Gasteiger partial charge in [0.2, 0.25) is 0 Å². The zero-order valence-electron chi connectivity index (χ0n) is 11.2. The second-order valence-corrected chi connectivity index (χ2v) is 6.00. The van der Waals surface area contributed by atoms with Crippen LogP contribution in [0.1, 0.15) is 46.0 Å². The largest absolute Gasteiger partial charge is 1.00 e. The first-order valence-electron chi connectivity index (χ1n) is 6.19. The Labute approximate surface area is 143 Å². The fourth-order valence-electron chi connectivity index (χ4n) is 3.36. The Kier molecular flexibility index (Phi) is 5.54. The molecule has 1 radical (unpaired) electrons. The van der Waals surface area contributed by atoms with E-state index in [9.17, 15) is 0 Å². The van der Waals surface area contributed by atoms with E-state index in [1.807, 2.05) is 0 Å². The van der Waals surface area contributed by atoms with Gasteiger partial charge in [0.1, 0.15) is 0 Å². The number of allylic oxidation sites excluding steroid dienone is 2. The van der Waals surface area contributed by atoms with Gasteiger partial charge in [-0.3, -0.25) is 0 Å². The van der Waals surface area contributed by atoms with E-state index in [0.29, 0.717) is 5.41 Å². The molecule has 0 bridgehead atoms. The molecule has 2 fully saturated rings. The minimum absolute atomic E-state index is 0. The van der Waals surface area contributed by atoms with Crippen LogP contribution < -0.4 is 51.4 Å². The molecule has 16 heavy (non-hydrogen) atoms. The van der Waals surface area contributed by atoms with Crippen LogP contribution in [0.2, 0.25) is 0 Å². The number of fused-ring (bicyclic) bond motifs is 1. The van der Waals surface area contributed by atoms with Crippen molar-refractivity contribution in [2.24, 2.45) is 17.3 Å². The molecule has 0 spiro atoms. The zero-order valence-corrected chi connectivity index (χ0v) is 14.3. The number of hydrogen-bond acceptors (Lipinski definition) is 0. The first-order valence-corrected chi connectivity index (χ1v) is 6.19. The summed E-state index contributed by atoms with van der Waals surface area (Å²) in [5, 5.41) is 0. The SMILES string of the molecule is C=C1[CH]CCC(=C)C2CC(C)(C)C2CC1.[K+]. The average molecular weight is 242 g/mol. The van der Waals surface area contributed by atoms with Crippen molar-refractivity contribution in [2.75, 3.05) is 0 Å². The molecule has 2 saturated carbocycles. The van der Waals surface area contributed by atoms with Crippen molar-refractivity contribution in [1.29, 1.82) is 0 Å². The standard InChI is InChI=1S/C15H23.K/c1-11-6-5-7-12(2)13-10-15(3,4)14(13)9-8-11;/h6,13-14H,1-2,5,7-10H2,3-4H3;/q;+1. The van der Waals surface area contributed by atoms with Crippen LogP contribution in [0.5, 0.6) is 0 Å². The first kappa shape index (κ1) is 15.2. The monoisotopic (exact) mass is 242 g/mol. The molecule has 2 aliphatic carbocycles. The van der Waals surface area contributed by atoms with E-state index in [-0.39, 0.29) is 51.4 Å². The van der Waals surface area contributed by atoms with Gasteiger partial charge < -0.3 is 0 Å². The van der Waals surface area contributed by atoms with Gasteiger partial charge in [-0.1, -0.05) is 38.2 Å². The van der Waals surface area contributed by atoms with E-state index in [2.05, 4.69) is 33.4 Å². The van der Waals surface area contributed by atoms with Crippen LogP contribution in [0.15, 0.2) is 24.3 Å². The molecule has 0 heterocycles. The van der Waals surface area contributed by atoms with Crippen molar-refractivity contribution in [2.45, 2.75) is 46.0 Å². The molecule has 0 nitrogen and oxygen atoms in total. The molecule has 2 aliphatic rings. The van der Waals surface area contributed by atoms with E-state index in [1.165, 1.54) is 36.8 Å². The predicted octanol–water partition coefficient (Wildman–Crippen LogP) is 1.54. The van der Waals surface area contributed by atoms with E-state index >= 15 is 0 Å². The third-order valence-electron chi connectivity index (χ3n) is 4.43. The molecular formula is C15H23K+. The molecule has 2 rings (SSSR count). The van der Waals surface area contributed by atoms with Crippen molar-refractivity contribution in [1.82, 2.24) is 0 Å². The summed E-state index contributed by atoms with van der Waals surface area (Å²) < 4.78 is 0. The third-order valence-corrected chi connectivity index (χ3v) is 4.43. The van der Waals surface area contributed by atoms with Gasteiger partial charge in [-0.25, -0.2) is 0 Å². The van der Waals surface area contributed by atoms with Gasteiger partial charge in [-0.2, -0.15) is 0 Å². The van der Waals surface area contributed by atoms with Crippen LogP contribution >= 0.6 is 0 Å². The van der Waals surface area contributed by atoms with Crippen LogP contribution in [0.25, 0.3) is 0 Å². The molecule has 0 aromatic carbocycles. The second-order valence-electron chi connectivity index (χ2n) is 6.00. The van der Waals surface area contributed by atoms with E-state index in [4.69, 9.17) is 0 Å². The van der Waals surface area contributed by atoms with Crippen LogP contribution in [0.3, 0.4) is 0 Å². The Morgan fingerprint density at radius 2 is 1.94 bits per heavy atom. The first-order chi connectivity index (χ1) is 7.00. The summed E-state index contributed by atoms with van der Waals surface area (Å²) >= 11 is 0. The maximum Gasteiger partial charge on any atom is 1.00 e. The molecular weight excluding hydrogens is 219 g/mol. The fraction of sp³-hybridized carbons (Fsp3) is 0.667. The average Bonchev–Trinajstić information content (AvgIpc) is 2.18. The van der Waals surface area contributed by atoms with E-state index in [1.54, 1.807) is 0 Å².